The topological polar surface area (TPSA) is 69.0 Å². The van der Waals surface area contributed by atoms with Crippen LogP contribution >= 0.6 is 27.5 Å². The number of carbonyl (C=O) groups excluding carboxylic acids is 1. The third kappa shape index (κ3) is 3.58. The van der Waals surface area contributed by atoms with Crippen molar-refractivity contribution in [2.45, 2.75) is 0 Å². The monoisotopic (exact) mass is 456 g/mol. The van der Waals surface area contributed by atoms with Crippen LogP contribution in [0, 0.1) is 0 Å². The summed E-state index contributed by atoms with van der Waals surface area (Å²) in [6.45, 7) is 0. The fraction of sp³-hybridized carbons (Fsp3) is 0.0500. The summed E-state index contributed by atoms with van der Waals surface area (Å²) < 4.78 is 5.88. The molecule has 0 saturated heterocycles. The summed E-state index contributed by atoms with van der Waals surface area (Å²) >= 11 is 9.73. The molecule has 0 saturated carbocycles. The Hall–Kier alpha value is -2.90. The van der Waals surface area contributed by atoms with Crippen molar-refractivity contribution in [3.05, 3.63) is 75.7 Å². The number of benzene rings is 3. The van der Waals surface area contributed by atoms with Gasteiger partial charge >= 0.3 is 0 Å². The van der Waals surface area contributed by atoms with Crippen LogP contribution in [0.3, 0.4) is 0 Å². The quantitative estimate of drug-likeness (QED) is 0.463. The lowest BCUT2D eigenvalue weighted by molar-refractivity contribution is 0.102. The molecule has 0 bridgehead atoms. The largest absolute Gasteiger partial charge is 0.496 e. The number of fused-ring (bicyclic) bond motifs is 1. The lowest BCUT2D eigenvalue weighted by Gasteiger charge is -2.09. The minimum atomic E-state index is -0.292. The maximum Gasteiger partial charge on any atom is 0.255 e. The van der Waals surface area contributed by atoms with Gasteiger partial charge in [0.2, 0.25) is 0 Å². The lowest BCUT2D eigenvalue weighted by atomic mass is 10.2. The average molecular weight is 458 g/mol. The third-order valence-corrected chi connectivity index (χ3v) is 5.05. The highest BCUT2D eigenvalue weighted by Gasteiger charge is 2.14. The van der Waals surface area contributed by atoms with Crippen LogP contribution in [0.25, 0.3) is 16.7 Å². The molecule has 28 heavy (non-hydrogen) atoms. The zero-order valence-corrected chi connectivity index (χ0v) is 17.0. The first kappa shape index (κ1) is 18.5. The maximum atomic E-state index is 12.6. The first-order valence-electron chi connectivity index (χ1n) is 8.32. The van der Waals surface area contributed by atoms with E-state index in [4.69, 9.17) is 16.3 Å². The summed E-state index contributed by atoms with van der Waals surface area (Å²) in [5, 5.41) is 12.1. The second kappa shape index (κ2) is 7.61. The van der Waals surface area contributed by atoms with Crippen molar-refractivity contribution in [2.24, 2.45) is 0 Å². The van der Waals surface area contributed by atoms with Crippen molar-refractivity contribution in [3.63, 3.8) is 0 Å². The first-order valence-corrected chi connectivity index (χ1v) is 9.49. The lowest BCUT2D eigenvalue weighted by Crippen LogP contribution is -2.12. The van der Waals surface area contributed by atoms with Gasteiger partial charge in [0.25, 0.3) is 5.91 Å². The van der Waals surface area contributed by atoms with Crippen molar-refractivity contribution in [3.8, 4) is 11.4 Å². The second-order valence-electron chi connectivity index (χ2n) is 5.95. The molecular weight excluding hydrogens is 444 g/mol. The number of amides is 1. The van der Waals surface area contributed by atoms with E-state index in [1.54, 1.807) is 37.4 Å². The number of aromatic nitrogens is 3. The number of halogens is 2. The van der Waals surface area contributed by atoms with Gasteiger partial charge < -0.3 is 10.1 Å². The molecule has 8 heteroatoms. The molecule has 4 rings (SSSR count). The highest BCUT2D eigenvalue weighted by molar-refractivity contribution is 9.10. The molecule has 0 aliphatic rings. The number of hydrogen-bond donors (Lipinski definition) is 1. The van der Waals surface area contributed by atoms with E-state index in [1.165, 1.54) is 4.80 Å². The Kier molecular flexibility index (Phi) is 5.02. The number of ether oxygens (including phenoxy) is 1. The van der Waals surface area contributed by atoms with E-state index in [1.807, 2.05) is 30.3 Å². The Balaban J connectivity index is 1.64. The van der Waals surface area contributed by atoms with Gasteiger partial charge in [0, 0.05) is 5.56 Å². The van der Waals surface area contributed by atoms with E-state index in [0.29, 0.717) is 37.5 Å². The zero-order valence-electron chi connectivity index (χ0n) is 14.7. The highest BCUT2D eigenvalue weighted by Crippen LogP contribution is 2.29. The first-order chi connectivity index (χ1) is 13.5. The summed E-state index contributed by atoms with van der Waals surface area (Å²) in [5.41, 5.74) is 3.03. The molecule has 4 aromatic rings. The zero-order chi connectivity index (χ0) is 19.7. The molecule has 0 unspecified atom stereocenters. The molecule has 0 spiro atoms. The number of nitrogens with one attached hydrogen (secondary N) is 1. The number of rotatable bonds is 4. The minimum Gasteiger partial charge on any atom is -0.496 e. The smallest absolute Gasteiger partial charge is 0.255 e. The summed E-state index contributed by atoms with van der Waals surface area (Å²) in [7, 11) is 1.57. The van der Waals surface area contributed by atoms with E-state index in [2.05, 4.69) is 31.4 Å². The second-order valence-corrected chi connectivity index (χ2v) is 7.21. The van der Waals surface area contributed by atoms with Crippen LogP contribution in [0.15, 0.2) is 65.1 Å². The third-order valence-electron chi connectivity index (χ3n) is 4.12. The average Bonchev–Trinajstić information content (AvgIpc) is 3.11. The van der Waals surface area contributed by atoms with Crippen LogP contribution < -0.4 is 10.1 Å². The van der Waals surface area contributed by atoms with Gasteiger partial charge in [-0.05, 0) is 58.4 Å². The van der Waals surface area contributed by atoms with Gasteiger partial charge in [0.15, 0.2) is 0 Å². The standard InChI is InChI=1S/C20H14BrClN4O2/c1-28-19-8-7-12(9-14(19)21)20(27)23-16-11-18-17(10-15(16)22)24-26(25-18)13-5-3-2-4-6-13/h2-11H,1H3,(H,23,27). The number of anilines is 1. The molecule has 6 nitrogen and oxygen atoms in total. The predicted molar refractivity (Wildman–Crippen MR) is 113 cm³/mol. The molecule has 1 amide bonds. The van der Waals surface area contributed by atoms with Crippen molar-refractivity contribution in [1.82, 2.24) is 15.0 Å². The van der Waals surface area contributed by atoms with Crippen molar-refractivity contribution >= 4 is 50.2 Å². The number of hydrogen-bond acceptors (Lipinski definition) is 4. The molecular formula is C20H14BrClN4O2. The van der Waals surface area contributed by atoms with E-state index >= 15 is 0 Å². The normalized spacial score (nSPS) is 10.8. The van der Waals surface area contributed by atoms with Gasteiger partial charge in [0.1, 0.15) is 16.8 Å². The Bertz CT molecular complexity index is 1180. The van der Waals surface area contributed by atoms with Gasteiger partial charge in [-0.1, -0.05) is 29.8 Å². The summed E-state index contributed by atoms with van der Waals surface area (Å²) in [6, 6.07) is 18.0. The molecule has 1 aromatic heterocycles. The van der Waals surface area contributed by atoms with Crippen molar-refractivity contribution in [1.29, 1.82) is 0 Å². The molecule has 0 fully saturated rings. The Morgan fingerprint density at radius 2 is 1.79 bits per heavy atom. The van der Waals surface area contributed by atoms with E-state index in [0.717, 1.165) is 5.69 Å². The molecule has 140 valence electrons. The predicted octanol–water partition coefficient (Wildman–Crippen LogP) is 5.10. The van der Waals surface area contributed by atoms with Crippen LogP contribution in [-0.4, -0.2) is 28.0 Å². The minimum absolute atomic E-state index is 0.292. The highest BCUT2D eigenvalue weighted by atomic mass is 79.9. The number of nitrogens with zero attached hydrogens (tertiary/aromatic N) is 3. The number of carbonyl (C=O) groups is 1. The molecule has 1 N–H and O–H groups in total. The Labute approximate surface area is 174 Å². The Morgan fingerprint density at radius 1 is 1.07 bits per heavy atom. The van der Waals surface area contributed by atoms with Crippen LogP contribution in [0.1, 0.15) is 10.4 Å². The van der Waals surface area contributed by atoms with Crippen LogP contribution in [0.5, 0.6) is 5.75 Å². The molecule has 1 heterocycles. The van der Waals surface area contributed by atoms with Crippen LogP contribution in [0.2, 0.25) is 5.02 Å². The Morgan fingerprint density at radius 3 is 2.46 bits per heavy atom. The summed E-state index contributed by atoms with van der Waals surface area (Å²) in [4.78, 5) is 14.1. The number of methoxy groups -OCH3 is 1. The van der Waals surface area contributed by atoms with E-state index < -0.39 is 0 Å². The van der Waals surface area contributed by atoms with Gasteiger partial charge in [-0.2, -0.15) is 4.80 Å². The van der Waals surface area contributed by atoms with E-state index in [9.17, 15) is 4.79 Å². The van der Waals surface area contributed by atoms with Gasteiger partial charge in [0.05, 0.1) is 28.0 Å². The maximum absolute atomic E-state index is 12.6. The fourth-order valence-electron chi connectivity index (χ4n) is 2.71. The van der Waals surface area contributed by atoms with Gasteiger partial charge in [-0.3, -0.25) is 4.79 Å². The molecule has 0 aliphatic carbocycles. The summed E-state index contributed by atoms with van der Waals surface area (Å²) in [5.74, 6) is 0.355. The van der Waals surface area contributed by atoms with E-state index in [-0.39, 0.29) is 5.91 Å². The van der Waals surface area contributed by atoms with Crippen molar-refractivity contribution < 1.29 is 9.53 Å². The molecule has 0 atom stereocenters. The molecule has 3 aromatic carbocycles. The van der Waals surface area contributed by atoms with Gasteiger partial charge in [-0.25, -0.2) is 0 Å². The number of para-hydroxylation sites is 1. The van der Waals surface area contributed by atoms with Crippen LogP contribution in [-0.2, 0) is 0 Å². The SMILES string of the molecule is COc1ccc(C(=O)Nc2cc3nn(-c4ccccc4)nc3cc2Cl)cc1Br. The molecule has 0 radical (unpaired) electrons. The van der Waals surface area contributed by atoms with Gasteiger partial charge in [-0.15, -0.1) is 10.2 Å². The fourth-order valence-corrected chi connectivity index (χ4v) is 3.46. The van der Waals surface area contributed by atoms with Crippen LogP contribution in [0.4, 0.5) is 5.69 Å². The molecule has 0 aliphatic heterocycles. The van der Waals surface area contributed by atoms with Crippen molar-refractivity contribution in [2.75, 3.05) is 12.4 Å². The summed E-state index contributed by atoms with van der Waals surface area (Å²) in [6.07, 6.45) is 0.